The molecule has 2 rings (SSSR count). The molecule has 6 nitrogen and oxygen atoms in total. The highest BCUT2D eigenvalue weighted by atomic mass is 32.2. The minimum atomic E-state index is -0.259. The Morgan fingerprint density at radius 2 is 2.15 bits per heavy atom. The number of piperidine rings is 1. The van der Waals surface area contributed by atoms with Gasteiger partial charge in [-0.05, 0) is 49.3 Å². The topological polar surface area (TPSA) is 80.0 Å². The normalized spacial score (nSPS) is 15.8. The number of amides is 1. The van der Waals surface area contributed by atoms with Crippen molar-refractivity contribution in [3.63, 3.8) is 0 Å². The Hall–Kier alpha value is -1.96. The van der Waals surface area contributed by atoms with Gasteiger partial charge in [-0.25, -0.2) is 14.2 Å². The number of aliphatic imine (C=N–C) groups is 1. The molecule has 1 aliphatic heterocycles. The van der Waals surface area contributed by atoms with Crippen LogP contribution >= 0.6 is 11.8 Å². The van der Waals surface area contributed by atoms with Gasteiger partial charge in [-0.2, -0.15) is 11.8 Å². The number of thioether (sulfide) groups is 1. The summed E-state index contributed by atoms with van der Waals surface area (Å²) in [5.41, 5.74) is 7.92. The average molecular weight is 383 g/mol. The third-order valence-electron chi connectivity index (χ3n) is 4.26. The molecule has 0 saturated carbocycles. The van der Waals surface area contributed by atoms with Crippen molar-refractivity contribution in [1.82, 2.24) is 10.2 Å². The number of guanidine groups is 1. The molecule has 1 aliphatic rings. The molecular weight excluding hydrogens is 355 g/mol. The van der Waals surface area contributed by atoms with E-state index in [1.807, 2.05) is 6.26 Å². The van der Waals surface area contributed by atoms with E-state index in [2.05, 4.69) is 10.3 Å². The number of nitrogens with one attached hydrogen (secondary N) is 1. The monoisotopic (exact) mass is 382 g/mol. The van der Waals surface area contributed by atoms with Gasteiger partial charge in [-0.15, -0.1) is 0 Å². The van der Waals surface area contributed by atoms with Crippen LogP contribution in [0.4, 0.5) is 9.18 Å². The van der Waals surface area contributed by atoms with Gasteiger partial charge >= 0.3 is 6.09 Å². The second-order valence-electron chi connectivity index (χ2n) is 6.15. The summed E-state index contributed by atoms with van der Waals surface area (Å²) in [6.07, 6.45) is 3.31. The van der Waals surface area contributed by atoms with E-state index in [0.29, 0.717) is 32.2 Å². The molecule has 0 bridgehead atoms. The van der Waals surface area contributed by atoms with E-state index in [9.17, 15) is 9.18 Å². The molecular formula is C18H27FN4O2S. The maximum atomic E-state index is 13.4. The van der Waals surface area contributed by atoms with Crippen molar-refractivity contribution >= 4 is 23.8 Å². The van der Waals surface area contributed by atoms with E-state index in [1.165, 1.54) is 6.07 Å². The van der Waals surface area contributed by atoms with E-state index >= 15 is 0 Å². The zero-order chi connectivity index (χ0) is 18.9. The number of benzene rings is 1. The number of halogens is 1. The van der Waals surface area contributed by atoms with E-state index < -0.39 is 0 Å². The highest BCUT2D eigenvalue weighted by Gasteiger charge is 2.23. The van der Waals surface area contributed by atoms with Crippen LogP contribution in [0.2, 0.25) is 0 Å². The fourth-order valence-electron chi connectivity index (χ4n) is 2.88. The maximum Gasteiger partial charge on any atom is 0.409 e. The molecule has 1 aromatic rings. The van der Waals surface area contributed by atoms with Gasteiger partial charge in [0, 0.05) is 24.9 Å². The van der Waals surface area contributed by atoms with Crippen LogP contribution in [0.1, 0.15) is 30.9 Å². The lowest BCUT2D eigenvalue weighted by molar-refractivity contribution is 0.0963. The van der Waals surface area contributed by atoms with Crippen LogP contribution in [0.15, 0.2) is 23.2 Å². The molecule has 0 atom stereocenters. The molecule has 0 aliphatic carbocycles. The Balaban J connectivity index is 1.85. The largest absolute Gasteiger partial charge is 0.450 e. The molecule has 1 heterocycles. The number of likely N-dealkylation sites (tertiary alicyclic amines) is 1. The summed E-state index contributed by atoms with van der Waals surface area (Å²) in [5, 5.41) is 3.21. The number of carbonyl (C=O) groups excluding carboxylic acids is 1. The van der Waals surface area contributed by atoms with Gasteiger partial charge in [0.1, 0.15) is 5.82 Å². The van der Waals surface area contributed by atoms with Gasteiger partial charge in [0.25, 0.3) is 0 Å². The predicted octanol–water partition coefficient (Wildman–Crippen LogP) is 2.71. The quantitative estimate of drug-likeness (QED) is 0.584. The molecule has 26 heavy (non-hydrogen) atoms. The fourth-order valence-corrected chi connectivity index (χ4v) is 3.46. The minimum absolute atomic E-state index is 0.184. The Labute approximate surface area is 158 Å². The molecule has 0 aromatic heterocycles. The molecule has 8 heteroatoms. The van der Waals surface area contributed by atoms with Crippen LogP contribution in [0.3, 0.4) is 0 Å². The third kappa shape index (κ3) is 6.09. The van der Waals surface area contributed by atoms with Crippen LogP contribution in [-0.2, 0) is 17.0 Å². The zero-order valence-corrected chi connectivity index (χ0v) is 16.2. The summed E-state index contributed by atoms with van der Waals surface area (Å²) in [6, 6.07) is 4.94. The molecule has 144 valence electrons. The van der Waals surface area contributed by atoms with E-state index in [-0.39, 0.29) is 18.0 Å². The van der Waals surface area contributed by atoms with Gasteiger partial charge in [-0.1, -0.05) is 6.07 Å². The van der Waals surface area contributed by atoms with Gasteiger partial charge in [-0.3, -0.25) is 0 Å². The summed E-state index contributed by atoms with van der Waals surface area (Å²) >= 11 is 1.64. The fraction of sp³-hybridized carbons (Fsp3) is 0.556. The molecule has 0 radical (unpaired) electrons. The predicted molar refractivity (Wildman–Crippen MR) is 104 cm³/mol. The first-order chi connectivity index (χ1) is 12.5. The Morgan fingerprint density at radius 1 is 1.42 bits per heavy atom. The van der Waals surface area contributed by atoms with Crippen LogP contribution in [-0.4, -0.2) is 48.9 Å². The van der Waals surface area contributed by atoms with Crippen molar-refractivity contribution in [3.05, 3.63) is 35.1 Å². The highest BCUT2D eigenvalue weighted by Crippen LogP contribution is 2.17. The first-order valence-corrected chi connectivity index (χ1v) is 10.2. The SMILES string of the molecule is CCOC(=O)N1CCC(NC(N)=NCc2ccc(F)cc2CSC)CC1. The number of carbonyl (C=O) groups is 1. The van der Waals surface area contributed by atoms with E-state index in [0.717, 1.165) is 29.7 Å². The first-order valence-electron chi connectivity index (χ1n) is 8.77. The number of ether oxygens (including phenoxy) is 1. The third-order valence-corrected chi connectivity index (χ3v) is 4.86. The molecule has 1 saturated heterocycles. The number of nitrogens with zero attached hydrogens (tertiary/aromatic N) is 2. The molecule has 3 N–H and O–H groups in total. The lowest BCUT2D eigenvalue weighted by Crippen LogP contribution is -2.48. The Morgan fingerprint density at radius 3 is 2.81 bits per heavy atom. The van der Waals surface area contributed by atoms with Crippen LogP contribution < -0.4 is 11.1 Å². The maximum absolute atomic E-state index is 13.4. The van der Waals surface area contributed by atoms with Gasteiger partial charge in [0.15, 0.2) is 5.96 Å². The minimum Gasteiger partial charge on any atom is -0.450 e. The molecule has 0 spiro atoms. The molecule has 1 fully saturated rings. The van der Waals surface area contributed by atoms with Crippen LogP contribution in [0.5, 0.6) is 0 Å². The van der Waals surface area contributed by atoms with Crippen molar-refractivity contribution in [1.29, 1.82) is 0 Å². The van der Waals surface area contributed by atoms with Crippen molar-refractivity contribution in [2.45, 2.75) is 38.1 Å². The number of nitrogens with two attached hydrogens (primary N) is 1. The number of hydrogen-bond donors (Lipinski definition) is 2. The standard InChI is InChI=1S/C18H27FN4O2S/c1-3-25-18(24)23-8-6-16(7-9-23)22-17(20)21-11-13-4-5-15(19)10-14(13)12-26-2/h4-5,10,16H,3,6-9,11-12H2,1-2H3,(H3,20,21,22). The van der Waals surface area contributed by atoms with Crippen molar-refractivity contribution in [2.75, 3.05) is 26.0 Å². The number of rotatable bonds is 6. The first kappa shape index (κ1) is 20.4. The second kappa shape index (κ2) is 10.3. The molecule has 0 unspecified atom stereocenters. The van der Waals surface area contributed by atoms with Crippen molar-refractivity contribution < 1.29 is 13.9 Å². The van der Waals surface area contributed by atoms with Crippen molar-refractivity contribution in [2.24, 2.45) is 10.7 Å². The highest BCUT2D eigenvalue weighted by molar-refractivity contribution is 7.97. The molecule has 1 amide bonds. The van der Waals surface area contributed by atoms with Crippen LogP contribution in [0, 0.1) is 5.82 Å². The Kier molecular flexibility index (Phi) is 8.03. The van der Waals surface area contributed by atoms with Gasteiger partial charge in [0.05, 0.1) is 13.2 Å². The number of hydrogen-bond acceptors (Lipinski definition) is 4. The summed E-state index contributed by atoms with van der Waals surface area (Å²) in [4.78, 5) is 17.8. The van der Waals surface area contributed by atoms with Crippen LogP contribution in [0.25, 0.3) is 0 Å². The lowest BCUT2D eigenvalue weighted by atomic mass is 10.1. The smallest absolute Gasteiger partial charge is 0.409 e. The summed E-state index contributed by atoms with van der Waals surface area (Å²) < 4.78 is 18.4. The van der Waals surface area contributed by atoms with Crippen molar-refractivity contribution in [3.8, 4) is 0 Å². The average Bonchev–Trinajstić information content (AvgIpc) is 2.62. The lowest BCUT2D eigenvalue weighted by Gasteiger charge is -2.31. The summed E-state index contributed by atoms with van der Waals surface area (Å²) in [7, 11) is 0. The van der Waals surface area contributed by atoms with Gasteiger partial charge in [0.2, 0.25) is 0 Å². The van der Waals surface area contributed by atoms with E-state index in [4.69, 9.17) is 10.5 Å². The molecule has 1 aromatic carbocycles. The summed E-state index contributed by atoms with van der Waals surface area (Å²) in [5.74, 6) is 0.877. The second-order valence-corrected chi connectivity index (χ2v) is 7.02. The van der Waals surface area contributed by atoms with Gasteiger partial charge < -0.3 is 20.7 Å². The summed E-state index contributed by atoms with van der Waals surface area (Å²) in [6.45, 7) is 3.88. The Bertz CT molecular complexity index is 634. The van der Waals surface area contributed by atoms with E-state index in [1.54, 1.807) is 35.7 Å². The zero-order valence-electron chi connectivity index (χ0n) is 15.3.